The minimum atomic E-state index is -0.605. The number of halogens is 2. The number of likely N-dealkylation sites (N-methyl/N-ethyl adjacent to an activating group) is 1. The van der Waals surface area contributed by atoms with Crippen molar-refractivity contribution in [3.63, 3.8) is 0 Å². The number of aromatic hydroxyl groups is 1. The van der Waals surface area contributed by atoms with Crippen molar-refractivity contribution >= 4 is 28.5 Å². The summed E-state index contributed by atoms with van der Waals surface area (Å²) in [5.41, 5.74) is 0.451. The predicted octanol–water partition coefficient (Wildman–Crippen LogP) is 3.21. The van der Waals surface area contributed by atoms with E-state index >= 15 is 0 Å². The van der Waals surface area contributed by atoms with E-state index in [9.17, 15) is 9.50 Å². The molecular weight excluding hydrogens is 459 g/mol. The molecule has 4 heterocycles. The Labute approximate surface area is 201 Å². The summed E-state index contributed by atoms with van der Waals surface area (Å²) >= 11 is 6.58. The van der Waals surface area contributed by atoms with E-state index < -0.39 is 5.82 Å². The lowest BCUT2D eigenvalue weighted by molar-refractivity contribution is 0.188. The number of pyridine rings is 1. The highest BCUT2D eigenvalue weighted by Gasteiger charge is 2.45. The number of hydrogen-bond acceptors (Lipinski definition) is 8. The molecule has 0 spiro atoms. The minimum absolute atomic E-state index is 0.0472. The van der Waals surface area contributed by atoms with Crippen LogP contribution in [0.1, 0.15) is 19.3 Å². The van der Waals surface area contributed by atoms with Gasteiger partial charge in [0.15, 0.2) is 5.65 Å². The first-order chi connectivity index (χ1) is 16.5. The van der Waals surface area contributed by atoms with Gasteiger partial charge in [0.1, 0.15) is 24.0 Å². The number of phenolic OH excluding ortho intramolecular Hbond substituents is 1. The normalized spacial score (nSPS) is 24.4. The Morgan fingerprint density at radius 1 is 1.26 bits per heavy atom. The van der Waals surface area contributed by atoms with Gasteiger partial charge in [-0.15, -0.1) is 0 Å². The van der Waals surface area contributed by atoms with E-state index in [1.807, 2.05) is 0 Å². The number of hydrogen-bond donors (Lipinski definition) is 2. The van der Waals surface area contributed by atoms with Crippen LogP contribution in [0.5, 0.6) is 11.8 Å². The molecule has 2 aliphatic heterocycles. The first-order valence-corrected chi connectivity index (χ1v) is 12.1. The SMILES string of the molecule is CN1CCC[C@H]1COc1nc(N2CCNC3CC32)c2cc(Cl)c(-c3c(O)cccc3F)nc2n1. The van der Waals surface area contributed by atoms with Crippen LogP contribution in [0.2, 0.25) is 5.02 Å². The van der Waals surface area contributed by atoms with Crippen LogP contribution in [0.3, 0.4) is 0 Å². The molecule has 3 aromatic rings. The standard InChI is InChI=1S/C24H26ClFN6O2/c1-31-8-3-4-13(31)12-34-24-29-22-14(23(30-24)32-9-7-27-17-11-18(17)32)10-15(25)21(28-22)20-16(26)5-2-6-19(20)33/h2,5-6,10,13,17-18,27,33H,3-4,7-9,11-12H2,1H3/t13-,17?,18?/m0/s1. The topological polar surface area (TPSA) is 86.6 Å². The van der Waals surface area contributed by atoms with Crippen molar-refractivity contribution in [3.05, 3.63) is 35.1 Å². The number of phenols is 1. The van der Waals surface area contributed by atoms with Crippen LogP contribution in [0.15, 0.2) is 24.3 Å². The van der Waals surface area contributed by atoms with Gasteiger partial charge in [-0.05, 0) is 51.1 Å². The van der Waals surface area contributed by atoms with Crippen LogP contribution >= 0.6 is 11.6 Å². The van der Waals surface area contributed by atoms with Crippen LogP contribution in [0.4, 0.5) is 10.2 Å². The van der Waals surface area contributed by atoms with Crippen LogP contribution in [-0.4, -0.2) is 76.4 Å². The second-order valence-corrected chi connectivity index (χ2v) is 9.71. The van der Waals surface area contributed by atoms with Gasteiger partial charge in [0.2, 0.25) is 0 Å². The molecule has 2 aromatic heterocycles. The average Bonchev–Trinajstić information content (AvgIpc) is 3.51. The molecule has 1 saturated carbocycles. The van der Waals surface area contributed by atoms with E-state index in [4.69, 9.17) is 21.3 Å². The molecule has 0 radical (unpaired) electrons. The third-order valence-corrected chi connectivity index (χ3v) is 7.38. The number of piperazine rings is 1. The van der Waals surface area contributed by atoms with Gasteiger partial charge in [-0.3, -0.25) is 0 Å². The lowest BCUT2D eigenvalue weighted by atomic mass is 10.1. The molecule has 6 rings (SSSR count). The van der Waals surface area contributed by atoms with Gasteiger partial charge in [0.05, 0.1) is 21.7 Å². The maximum absolute atomic E-state index is 14.6. The number of benzene rings is 1. The van der Waals surface area contributed by atoms with E-state index in [1.54, 1.807) is 6.07 Å². The molecule has 3 atom stereocenters. The van der Waals surface area contributed by atoms with Gasteiger partial charge in [0, 0.05) is 31.2 Å². The Morgan fingerprint density at radius 3 is 2.94 bits per heavy atom. The highest BCUT2D eigenvalue weighted by Crippen LogP contribution is 2.41. The molecular formula is C24H26ClFN6O2. The van der Waals surface area contributed by atoms with Crippen LogP contribution in [-0.2, 0) is 0 Å². The van der Waals surface area contributed by atoms with E-state index in [-0.39, 0.29) is 28.0 Å². The Hall–Kier alpha value is -2.75. The zero-order valence-electron chi connectivity index (χ0n) is 18.8. The van der Waals surface area contributed by atoms with Gasteiger partial charge in [-0.2, -0.15) is 9.97 Å². The maximum Gasteiger partial charge on any atom is 0.320 e. The van der Waals surface area contributed by atoms with Gasteiger partial charge in [-0.25, -0.2) is 9.37 Å². The molecule has 3 aliphatic rings. The summed E-state index contributed by atoms with van der Waals surface area (Å²) in [5, 5.41) is 14.7. The van der Waals surface area contributed by atoms with Crippen molar-refractivity contribution in [2.45, 2.75) is 37.4 Å². The van der Waals surface area contributed by atoms with E-state index in [2.05, 4.69) is 32.1 Å². The first kappa shape index (κ1) is 21.8. The van der Waals surface area contributed by atoms with E-state index in [1.165, 1.54) is 18.2 Å². The summed E-state index contributed by atoms with van der Waals surface area (Å²) in [5.74, 6) is -0.106. The number of fused-ring (bicyclic) bond motifs is 2. The van der Waals surface area contributed by atoms with Crippen LogP contribution < -0.4 is 15.0 Å². The van der Waals surface area contributed by atoms with Crippen molar-refractivity contribution in [3.8, 4) is 23.0 Å². The Morgan fingerprint density at radius 2 is 2.15 bits per heavy atom. The molecule has 0 amide bonds. The summed E-state index contributed by atoms with van der Waals surface area (Å²) in [7, 11) is 2.10. The number of likely N-dealkylation sites (tertiary alicyclic amines) is 1. The summed E-state index contributed by atoms with van der Waals surface area (Å²) in [6, 6.07) is 7.20. The molecule has 34 heavy (non-hydrogen) atoms. The molecule has 1 aromatic carbocycles. The molecule has 1 aliphatic carbocycles. The summed E-state index contributed by atoms with van der Waals surface area (Å²) in [6.07, 6.45) is 3.27. The minimum Gasteiger partial charge on any atom is -0.507 e. The fourth-order valence-corrected chi connectivity index (χ4v) is 5.35. The summed E-state index contributed by atoms with van der Waals surface area (Å²) < 4.78 is 20.7. The fourth-order valence-electron chi connectivity index (χ4n) is 5.11. The Balaban J connectivity index is 1.45. The van der Waals surface area contributed by atoms with Gasteiger partial charge in [0.25, 0.3) is 0 Å². The smallest absolute Gasteiger partial charge is 0.320 e. The number of anilines is 1. The second kappa shape index (κ2) is 8.48. The highest BCUT2D eigenvalue weighted by atomic mass is 35.5. The molecule has 178 valence electrons. The molecule has 8 nitrogen and oxygen atoms in total. The molecule has 2 N–H and O–H groups in total. The first-order valence-electron chi connectivity index (χ1n) is 11.7. The summed E-state index contributed by atoms with van der Waals surface area (Å²) in [4.78, 5) is 18.5. The Bertz CT molecular complexity index is 1240. The van der Waals surface area contributed by atoms with Gasteiger partial charge >= 0.3 is 6.01 Å². The largest absolute Gasteiger partial charge is 0.507 e. The quantitative estimate of drug-likeness (QED) is 0.571. The molecule has 0 bridgehead atoms. The molecule has 3 fully saturated rings. The van der Waals surface area contributed by atoms with Crippen molar-refractivity contribution < 1.29 is 14.2 Å². The lowest BCUT2D eigenvalue weighted by Crippen LogP contribution is -2.44. The fraction of sp³-hybridized carbons (Fsp3) is 0.458. The molecule has 10 heteroatoms. The maximum atomic E-state index is 14.6. The predicted molar refractivity (Wildman–Crippen MR) is 128 cm³/mol. The van der Waals surface area contributed by atoms with Crippen molar-refractivity contribution in [1.29, 1.82) is 0 Å². The monoisotopic (exact) mass is 484 g/mol. The molecule has 2 unspecified atom stereocenters. The van der Waals surface area contributed by atoms with E-state index in [0.29, 0.717) is 35.8 Å². The number of nitrogens with one attached hydrogen (secondary N) is 1. The number of ether oxygens (including phenoxy) is 1. The highest BCUT2D eigenvalue weighted by molar-refractivity contribution is 6.34. The zero-order valence-corrected chi connectivity index (χ0v) is 19.6. The van der Waals surface area contributed by atoms with Gasteiger partial charge < -0.3 is 25.0 Å². The second-order valence-electron chi connectivity index (χ2n) is 9.30. The number of rotatable bonds is 5. The average molecular weight is 485 g/mol. The zero-order chi connectivity index (χ0) is 23.4. The van der Waals surface area contributed by atoms with Gasteiger partial charge in [-0.1, -0.05) is 17.7 Å². The summed E-state index contributed by atoms with van der Waals surface area (Å²) in [6.45, 7) is 3.20. The van der Waals surface area contributed by atoms with Crippen molar-refractivity contribution in [2.24, 2.45) is 0 Å². The van der Waals surface area contributed by atoms with Crippen LogP contribution in [0.25, 0.3) is 22.3 Å². The lowest BCUT2D eigenvalue weighted by Gasteiger charge is -2.29. The van der Waals surface area contributed by atoms with Crippen LogP contribution in [0, 0.1) is 5.82 Å². The Kier molecular flexibility index (Phi) is 5.43. The number of aromatic nitrogens is 3. The third-order valence-electron chi connectivity index (χ3n) is 7.09. The van der Waals surface area contributed by atoms with E-state index in [0.717, 1.165) is 44.7 Å². The number of nitrogens with zero attached hydrogens (tertiary/aromatic N) is 5. The van der Waals surface area contributed by atoms with Crippen molar-refractivity contribution in [2.75, 3.05) is 38.2 Å². The van der Waals surface area contributed by atoms with Crippen molar-refractivity contribution in [1.82, 2.24) is 25.2 Å². The molecule has 2 saturated heterocycles. The third kappa shape index (κ3) is 3.81.